The van der Waals surface area contributed by atoms with Crippen LogP contribution in [0, 0.1) is 0 Å². The zero-order chi connectivity index (χ0) is 11.9. The maximum atomic E-state index is 12.0. The lowest BCUT2D eigenvalue weighted by Gasteiger charge is -2.09. The summed E-state index contributed by atoms with van der Waals surface area (Å²) in [6.07, 6.45) is 0. The molecule has 84 valence electrons. The van der Waals surface area contributed by atoms with Gasteiger partial charge >= 0.3 is 0 Å². The second-order valence-corrected chi connectivity index (χ2v) is 5.28. The third-order valence-corrected chi connectivity index (χ3v) is 3.50. The van der Waals surface area contributed by atoms with Gasteiger partial charge in [-0.1, -0.05) is 25.4 Å². The van der Waals surface area contributed by atoms with Crippen LogP contribution >= 0.6 is 27.5 Å². The van der Waals surface area contributed by atoms with Gasteiger partial charge in [-0.25, -0.2) is 0 Å². The molecule has 0 fully saturated rings. The Morgan fingerprint density at radius 1 is 1.38 bits per heavy atom. The SMILES string of the molecule is CC(C)c1cc(=O)c2c(Br)ccc(Cl)c2[nH]1. The first-order valence-electron chi connectivity index (χ1n) is 5.01. The van der Waals surface area contributed by atoms with Crippen LogP contribution in [0.2, 0.25) is 5.02 Å². The molecule has 4 heteroatoms. The van der Waals surface area contributed by atoms with Crippen molar-refractivity contribution in [3.63, 3.8) is 0 Å². The maximum absolute atomic E-state index is 12.0. The Morgan fingerprint density at radius 3 is 2.69 bits per heavy atom. The van der Waals surface area contributed by atoms with E-state index in [-0.39, 0.29) is 11.3 Å². The molecule has 1 N–H and O–H groups in total. The van der Waals surface area contributed by atoms with E-state index < -0.39 is 0 Å². The Kier molecular flexibility index (Phi) is 3.08. The smallest absolute Gasteiger partial charge is 0.190 e. The number of aromatic nitrogens is 1. The molecule has 2 aromatic rings. The second kappa shape index (κ2) is 4.22. The van der Waals surface area contributed by atoms with Crippen LogP contribution in [0.3, 0.4) is 0 Å². The molecule has 16 heavy (non-hydrogen) atoms. The van der Waals surface area contributed by atoms with Crippen molar-refractivity contribution in [1.82, 2.24) is 4.98 Å². The first kappa shape index (κ1) is 11.7. The van der Waals surface area contributed by atoms with Gasteiger partial charge in [-0.2, -0.15) is 0 Å². The molecule has 0 atom stereocenters. The van der Waals surface area contributed by atoms with E-state index in [0.29, 0.717) is 15.9 Å². The minimum Gasteiger partial charge on any atom is -0.357 e. The quantitative estimate of drug-likeness (QED) is 0.846. The van der Waals surface area contributed by atoms with Crippen LogP contribution in [0.5, 0.6) is 0 Å². The molecular formula is C12H11BrClNO. The molecule has 2 rings (SSSR count). The third kappa shape index (κ3) is 1.89. The van der Waals surface area contributed by atoms with Gasteiger partial charge in [0.15, 0.2) is 5.43 Å². The normalized spacial score (nSPS) is 11.3. The van der Waals surface area contributed by atoms with E-state index in [1.54, 1.807) is 18.2 Å². The average molecular weight is 301 g/mol. The van der Waals surface area contributed by atoms with E-state index in [1.165, 1.54) is 0 Å². The Hall–Kier alpha value is -0.800. The highest BCUT2D eigenvalue weighted by atomic mass is 79.9. The Balaban J connectivity index is 2.92. The molecule has 0 saturated carbocycles. The summed E-state index contributed by atoms with van der Waals surface area (Å²) >= 11 is 9.45. The molecule has 0 amide bonds. The van der Waals surface area contributed by atoms with Gasteiger partial charge < -0.3 is 4.98 Å². The van der Waals surface area contributed by atoms with Gasteiger partial charge in [-0.15, -0.1) is 0 Å². The molecule has 1 aromatic heterocycles. The molecular weight excluding hydrogens is 289 g/mol. The molecule has 1 aromatic carbocycles. The minimum atomic E-state index is -0.00757. The summed E-state index contributed by atoms with van der Waals surface area (Å²) in [5, 5.41) is 1.18. The Morgan fingerprint density at radius 2 is 2.06 bits per heavy atom. The lowest BCUT2D eigenvalue weighted by atomic mass is 10.1. The highest BCUT2D eigenvalue weighted by Gasteiger charge is 2.10. The van der Waals surface area contributed by atoms with E-state index in [9.17, 15) is 4.79 Å². The monoisotopic (exact) mass is 299 g/mol. The van der Waals surface area contributed by atoms with Crippen molar-refractivity contribution >= 4 is 38.4 Å². The van der Waals surface area contributed by atoms with Crippen LogP contribution in [0.1, 0.15) is 25.5 Å². The van der Waals surface area contributed by atoms with Gasteiger partial charge in [0.25, 0.3) is 0 Å². The number of H-pyrrole nitrogens is 1. The predicted molar refractivity (Wildman–Crippen MR) is 71.4 cm³/mol. The summed E-state index contributed by atoms with van der Waals surface area (Å²) in [6.45, 7) is 4.06. The molecule has 0 saturated heterocycles. The van der Waals surface area contributed by atoms with Crippen molar-refractivity contribution < 1.29 is 0 Å². The van der Waals surface area contributed by atoms with E-state index in [1.807, 2.05) is 13.8 Å². The lowest BCUT2D eigenvalue weighted by Crippen LogP contribution is -2.07. The van der Waals surface area contributed by atoms with Crippen molar-refractivity contribution in [3.8, 4) is 0 Å². The van der Waals surface area contributed by atoms with Crippen LogP contribution in [0.15, 0.2) is 27.5 Å². The van der Waals surface area contributed by atoms with Gasteiger partial charge in [0, 0.05) is 16.2 Å². The highest BCUT2D eigenvalue weighted by Crippen LogP contribution is 2.27. The van der Waals surface area contributed by atoms with Crippen molar-refractivity contribution in [2.75, 3.05) is 0 Å². The van der Waals surface area contributed by atoms with E-state index in [0.717, 1.165) is 10.2 Å². The third-order valence-electron chi connectivity index (χ3n) is 2.53. The number of nitrogens with one attached hydrogen (secondary N) is 1. The molecule has 0 aliphatic carbocycles. The number of hydrogen-bond donors (Lipinski definition) is 1. The Labute approximate surface area is 107 Å². The summed E-state index contributed by atoms with van der Waals surface area (Å²) in [5.74, 6) is 0.271. The molecule has 0 aliphatic heterocycles. The van der Waals surface area contributed by atoms with Crippen molar-refractivity contribution in [1.29, 1.82) is 0 Å². The molecule has 0 radical (unpaired) electrons. The van der Waals surface area contributed by atoms with Crippen molar-refractivity contribution in [3.05, 3.63) is 43.6 Å². The summed E-state index contributed by atoms with van der Waals surface area (Å²) in [4.78, 5) is 15.2. The fraction of sp³-hybridized carbons (Fsp3) is 0.250. The summed E-state index contributed by atoms with van der Waals surface area (Å²) in [5.41, 5.74) is 1.59. The zero-order valence-corrected chi connectivity index (χ0v) is 11.3. The highest BCUT2D eigenvalue weighted by molar-refractivity contribution is 9.10. The van der Waals surface area contributed by atoms with Crippen LogP contribution in [0.25, 0.3) is 10.9 Å². The van der Waals surface area contributed by atoms with E-state index in [2.05, 4.69) is 20.9 Å². The summed E-state index contributed by atoms with van der Waals surface area (Å²) < 4.78 is 0.767. The Bertz CT molecular complexity index is 604. The van der Waals surface area contributed by atoms with Gasteiger partial charge in [-0.05, 0) is 34.0 Å². The number of aromatic amines is 1. The summed E-state index contributed by atoms with van der Waals surface area (Å²) in [6, 6.07) is 5.19. The van der Waals surface area contributed by atoms with E-state index in [4.69, 9.17) is 11.6 Å². The molecule has 0 aliphatic rings. The van der Waals surface area contributed by atoms with Gasteiger partial charge in [0.05, 0.1) is 15.9 Å². The van der Waals surface area contributed by atoms with Crippen LogP contribution in [0.4, 0.5) is 0 Å². The van der Waals surface area contributed by atoms with Gasteiger partial charge in [-0.3, -0.25) is 4.79 Å². The number of rotatable bonds is 1. The van der Waals surface area contributed by atoms with Gasteiger partial charge in [0.1, 0.15) is 0 Å². The number of hydrogen-bond acceptors (Lipinski definition) is 1. The first-order valence-corrected chi connectivity index (χ1v) is 6.18. The number of fused-ring (bicyclic) bond motifs is 1. The molecule has 0 unspecified atom stereocenters. The molecule has 0 spiro atoms. The molecule has 0 bridgehead atoms. The van der Waals surface area contributed by atoms with Crippen molar-refractivity contribution in [2.45, 2.75) is 19.8 Å². The van der Waals surface area contributed by atoms with Crippen LogP contribution in [-0.4, -0.2) is 4.98 Å². The number of halogens is 2. The standard InChI is InChI=1S/C12H11BrClNO/c1-6(2)9-5-10(16)11-7(13)3-4-8(14)12(11)15-9/h3-6H,1-2H3,(H,15,16). The van der Waals surface area contributed by atoms with Gasteiger partial charge in [0.2, 0.25) is 0 Å². The van der Waals surface area contributed by atoms with Crippen LogP contribution in [-0.2, 0) is 0 Å². The predicted octanol–water partition coefficient (Wildman–Crippen LogP) is 4.07. The zero-order valence-electron chi connectivity index (χ0n) is 8.97. The first-order chi connectivity index (χ1) is 7.50. The maximum Gasteiger partial charge on any atom is 0.190 e. The average Bonchev–Trinajstić information content (AvgIpc) is 2.22. The molecule has 1 heterocycles. The van der Waals surface area contributed by atoms with Crippen LogP contribution < -0.4 is 5.43 Å². The molecule has 2 nitrogen and oxygen atoms in total. The number of pyridine rings is 1. The topological polar surface area (TPSA) is 32.9 Å². The lowest BCUT2D eigenvalue weighted by molar-refractivity contribution is 0.828. The summed E-state index contributed by atoms with van der Waals surface area (Å²) in [7, 11) is 0. The van der Waals surface area contributed by atoms with Crippen molar-refractivity contribution in [2.24, 2.45) is 0 Å². The largest absolute Gasteiger partial charge is 0.357 e. The second-order valence-electron chi connectivity index (χ2n) is 4.02. The minimum absolute atomic E-state index is 0.00757. The fourth-order valence-corrected chi connectivity index (χ4v) is 2.35. The van der Waals surface area contributed by atoms with E-state index >= 15 is 0 Å². The number of benzene rings is 1. The fourth-order valence-electron chi connectivity index (χ4n) is 1.62.